The smallest absolute Gasteiger partial charge is 0.326 e. The van der Waals surface area contributed by atoms with Crippen molar-refractivity contribution in [1.82, 2.24) is 47.5 Å². The van der Waals surface area contributed by atoms with Gasteiger partial charge in [-0.3, -0.25) is 43.3 Å². The van der Waals surface area contributed by atoms with Crippen LogP contribution in [0.15, 0.2) is 59.7 Å². The Bertz CT molecular complexity index is 2470. The zero-order valence-electron chi connectivity index (χ0n) is 42.7. The fraction of sp³-hybridized carbons (Fsp3) is 0.510. The summed E-state index contributed by atoms with van der Waals surface area (Å²) in [4.78, 5) is 128. The highest BCUT2D eigenvalue weighted by molar-refractivity contribution is 7.80. The molecule has 17 N–H and O–H groups in total. The molecule has 24 nitrogen and oxygen atoms in total. The molecule has 8 atom stereocenters. The second kappa shape index (κ2) is 31.0. The SMILES string of the molecule is CC(C)C[C@H](NC(=O)[C@H](C)N)C(=O)N[C@@H](CS)C(=O)NCC(=O)N[C@@H](Cc1c[nH]c2ccccc12)C(=O)N[C@@H](CCCN=C(N)N)C(=O)N[C@@H](CS)C(=O)N[C@@H](CC(C)C)C(=O)N[C@@H](Cc1ccc(O)cc1)C(=O)O. The summed E-state index contributed by atoms with van der Waals surface area (Å²) in [6, 6.07) is 3.01. The van der Waals surface area contributed by atoms with Gasteiger partial charge in [-0.2, -0.15) is 25.3 Å². The zero-order valence-corrected chi connectivity index (χ0v) is 44.5. The fourth-order valence-corrected chi connectivity index (χ4v) is 8.08. The lowest BCUT2D eigenvalue weighted by Gasteiger charge is -2.27. The number of nitrogens with zero attached hydrogens (tertiary/aromatic N) is 1. The maximum Gasteiger partial charge on any atom is 0.326 e. The van der Waals surface area contributed by atoms with Crippen molar-refractivity contribution in [2.45, 2.75) is 121 Å². The van der Waals surface area contributed by atoms with Gasteiger partial charge in [0, 0.05) is 48.0 Å². The number of benzene rings is 2. The number of H-pyrrole nitrogens is 1. The Morgan fingerprint density at radius 3 is 1.65 bits per heavy atom. The Labute approximate surface area is 446 Å². The van der Waals surface area contributed by atoms with E-state index >= 15 is 0 Å². The molecule has 0 aliphatic rings. The number of hydrogen-bond donors (Lipinski definition) is 16. The van der Waals surface area contributed by atoms with Crippen LogP contribution in [0.1, 0.15) is 71.4 Å². The number of phenolic OH excluding ortho intramolecular Hbond substituents is 1. The third-order valence-electron chi connectivity index (χ3n) is 11.5. The third kappa shape index (κ3) is 21.4. The van der Waals surface area contributed by atoms with Crippen LogP contribution < -0.4 is 59.7 Å². The molecule has 0 fully saturated rings. The van der Waals surface area contributed by atoms with Crippen LogP contribution >= 0.6 is 25.3 Å². The number of nitrogens with one attached hydrogen (secondary N) is 9. The van der Waals surface area contributed by atoms with Crippen LogP contribution in [0.5, 0.6) is 5.75 Å². The van der Waals surface area contributed by atoms with Gasteiger partial charge in [0.1, 0.15) is 48.0 Å². The number of aromatic amines is 1. The first-order valence-corrected chi connectivity index (χ1v) is 25.7. The summed E-state index contributed by atoms with van der Waals surface area (Å²) >= 11 is 8.51. The van der Waals surface area contributed by atoms with E-state index in [1.54, 1.807) is 38.2 Å². The van der Waals surface area contributed by atoms with Gasteiger partial charge >= 0.3 is 5.97 Å². The van der Waals surface area contributed by atoms with Crippen molar-refractivity contribution in [3.63, 3.8) is 0 Å². The van der Waals surface area contributed by atoms with Gasteiger partial charge in [-0.15, -0.1) is 0 Å². The molecule has 412 valence electrons. The van der Waals surface area contributed by atoms with E-state index < -0.39 is 108 Å². The monoisotopic (exact) mass is 1080 g/mol. The minimum Gasteiger partial charge on any atom is -0.508 e. The largest absolute Gasteiger partial charge is 0.508 e. The predicted octanol–water partition coefficient (Wildman–Crippen LogP) is -1.39. The van der Waals surface area contributed by atoms with Crippen molar-refractivity contribution in [2.24, 2.45) is 34.0 Å². The van der Waals surface area contributed by atoms with Crippen molar-refractivity contribution in [3.8, 4) is 5.75 Å². The highest BCUT2D eigenvalue weighted by Gasteiger charge is 2.34. The second-order valence-electron chi connectivity index (χ2n) is 18.8. The molecule has 75 heavy (non-hydrogen) atoms. The number of aromatic nitrogens is 1. The molecule has 3 rings (SSSR count). The predicted molar refractivity (Wildman–Crippen MR) is 288 cm³/mol. The summed E-state index contributed by atoms with van der Waals surface area (Å²) in [6.07, 6.45) is 1.78. The highest BCUT2D eigenvalue weighted by Crippen LogP contribution is 2.20. The summed E-state index contributed by atoms with van der Waals surface area (Å²) in [7, 11) is 0. The molecule has 0 spiro atoms. The number of amides is 8. The van der Waals surface area contributed by atoms with E-state index in [-0.39, 0.29) is 80.1 Å². The molecule has 0 bridgehead atoms. The summed E-state index contributed by atoms with van der Waals surface area (Å²) in [5.74, 6) is -8.46. The van der Waals surface area contributed by atoms with Crippen LogP contribution in [-0.4, -0.2) is 147 Å². The Morgan fingerprint density at radius 2 is 1.11 bits per heavy atom. The minimum absolute atomic E-state index is 0.0244. The molecule has 26 heteroatoms. The molecular formula is C49H73N13O11S2. The number of aromatic hydroxyl groups is 1. The Kier molecular flexibility index (Phi) is 25.7. The number of rotatable bonds is 31. The molecule has 0 unspecified atom stereocenters. The molecule has 1 aromatic heterocycles. The quantitative estimate of drug-likeness (QED) is 0.0153. The number of carboxylic acid groups (broad SMARTS) is 1. The first-order valence-electron chi connectivity index (χ1n) is 24.4. The number of aliphatic imine (C=N–C) groups is 1. The van der Waals surface area contributed by atoms with Gasteiger partial charge in [0.2, 0.25) is 47.3 Å². The Balaban J connectivity index is 1.84. The van der Waals surface area contributed by atoms with Gasteiger partial charge in [-0.1, -0.05) is 58.0 Å². The van der Waals surface area contributed by atoms with E-state index in [0.717, 1.165) is 10.9 Å². The maximum absolute atomic E-state index is 14.4. The fourth-order valence-electron chi connectivity index (χ4n) is 7.56. The maximum atomic E-state index is 14.4. The number of aliphatic carboxylic acids is 1. The van der Waals surface area contributed by atoms with Gasteiger partial charge < -0.3 is 74.9 Å². The molecule has 0 saturated carbocycles. The standard InChI is InChI=1S/C49H73N13O11S2/c1-25(2)17-34(58-41(65)27(5)50)45(69)61-38(23-74)42(66)55-22-40(64)56-36(20-29-21-54-32-10-7-6-9-31(29)32)46(70)57-33(11-8-16-53-49(51)52)43(67)62-39(24-75)47(71)59-35(18-26(3)4)44(68)60-37(48(72)73)19-28-12-14-30(63)15-13-28/h6-7,9-10,12-15,21,25-27,33-39,54,63,74-75H,8,11,16-20,22-24,50H2,1-5H3,(H,55,66)(H,56,64)(H,57,70)(H,58,65)(H,59,71)(H,60,68)(H,61,69)(H,62,67)(H,72,73)(H4,51,52,53)/t27-,33-,34-,35-,36-,37-,38-,39-/m0/s1. The second-order valence-corrected chi connectivity index (χ2v) is 19.6. The first-order chi connectivity index (χ1) is 35.4. The zero-order chi connectivity index (χ0) is 55.9. The topological polar surface area (TPSA) is 397 Å². The average molecular weight is 1080 g/mol. The van der Waals surface area contributed by atoms with Gasteiger partial charge in [0.05, 0.1) is 12.6 Å². The number of nitrogens with two attached hydrogens (primary N) is 3. The molecule has 8 amide bonds. The minimum atomic E-state index is -1.40. The van der Waals surface area contributed by atoms with Crippen molar-refractivity contribution >= 4 is 95.3 Å². The van der Waals surface area contributed by atoms with Crippen LogP contribution in [0.2, 0.25) is 0 Å². The summed E-state index contributed by atoms with van der Waals surface area (Å²) in [5.41, 5.74) is 18.6. The molecule has 0 aliphatic heterocycles. The van der Waals surface area contributed by atoms with E-state index in [0.29, 0.717) is 11.1 Å². The summed E-state index contributed by atoms with van der Waals surface area (Å²) in [5, 5.41) is 40.9. The molecule has 2 aromatic carbocycles. The number of carbonyl (C=O) groups excluding carboxylic acids is 8. The molecule has 0 saturated heterocycles. The lowest BCUT2D eigenvalue weighted by Crippen LogP contribution is -2.60. The van der Waals surface area contributed by atoms with Gasteiger partial charge in [0.25, 0.3) is 0 Å². The molecule has 0 radical (unpaired) electrons. The third-order valence-corrected chi connectivity index (χ3v) is 12.2. The van der Waals surface area contributed by atoms with Crippen molar-refractivity contribution < 1.29 is 53.4 Å². The molecule has 1 heterocycles. The number of fused-ring (bicyclic) bond motifs is 1. The van der Waals surface area contributed by atoms with E-state index in [9.17, 15) is 53.4 Å². The Hall–Kier alpha value is -7.06. The lowest BCUT2D eigenvalue weighted by molar-refractivity contribution is -0.142. The van der Waals surface area contributed by atoms with Crippen LogP contribution in [0.4, 0.5) is 0 Å². The number of hydrogen-bond acceptors (Lipinski definition) is 14. The van der Waals surface area contributed by atoms with Gasteiger partial charge in [0.15, 0.2) is 5.96 Å². The highest BCUT2D eigenvalue weighted by atomic mass is 32.1. The van der Waals surface area contributed by atoms with Crippen molar-refractivity contribution in [1.29, 1.82) is 0 Å². The van der Waals surface area contributed by atoms with Crippen LogP contribution in [0, 0.1) is 11.8 Å². The van der Waals surface area contributed by atoms with Crippen molar-refractivity contribution in [3.05, 3.63) is 65.9 Å². The van der Waals surface area contributed by atoms with E-state index in [1.807, 2.05) is 19.9 Å². The van der Waals surface area contributed by atoms with Crippen LogP contribution in [-0.2, 0) is 56.0 Å². The summed E-state index contributed by atoms with van der Waals surface area (Å²) in [6.45, 7) is 8.10. The number of para-hydroxylation sites is 1. The van der Waals surface area contributed by atoms with Crippen LogP contribution in [0.3, 0.4) is 0 Å². The first kappa shape index (κ1) is 62.2. The molecule has 0 aliphatic carbocycles. The summed E-state index contributed by atoms with van der Waals surface area (Å²) < 4.78 is 0. The Morgan fingerprint density at radius 1 is 0.613 bits per heavy atom. The van der Waals surface area contributed by atoms with E-state index in [1.165, 1.54) is 31.2 Å². The van der Waals surface area contributed by atoms with Gasteiger partial charge in [-0.05, 0) is 73.8 Å². The number of phenols is 1. The average Bonchev–Trinajstić information content (AvgIpc) is 3.76. The van der Waals surface area contributed by atoms with Crippen molar-refractivity contribution in [2.75, 3.05) is 24.6 Å². The molecule has 3 aromatic rings. The normalized spacial score (nSPS) is 14.4. The lowest BCUT2D eigenvalue weighted by atomic mass is 10.0. The van der Waals surface area contributed by atoms with Crippen LogP contribution in [0.25, 0.3) is 10.9 Å². The molecular weight excluding hydrogens is 1010 g/mol. The number of guanidine groups is 1. The van der Waals surface area contributed by atoms with E-state index in [2.05, 4.69) is 77.8 Å². The van der Waals surface area contributed by atoms with E-state index in [4.69, 9.17) is 17.2 Å². The number of thiol groups is 2. The van der Waals surface area contributed by atoms with Gasteiger partial charge in [-0.25, -0.2) is 4.79 Å². The number of carbonyl (C=O) groups is 9. The number of carboxylic acids is 1.